The van der Waals surface area contributed by atoms with E-state index in [1.165, 1.54) is 0 Å². The number of benzene rings is 2. The summed E-state index contributed by atoms with van der Waals surface area (Å²) in [6, 6.07) is 14.7. The molecular weight excluding hydrogens is 286 g/mol. The number of carbonyl (C=O) groups is 2. The van der Waals surface area contributed by atoms with E-state index in [0.717, 1.165) is 16.7 Å². The first-order valence-electron chi connectivity index (χ1n) is 7.57. The van der Waals surface area contributed by atoms with Gasteiger partial charge in [0.25, 0.3) is 0 Å². The molecule has 0 heterocycles. The molecule has 0 aliphatic rings. The van der Waals surface area contributed by atoms with Crippen molar-refractivity contribution < 1.29 is 9.59 Å². The van der Waals surface area contributed by atoms with E-state index in [-0.39, 0.29) is 24.4 Å². The molecule has 0 aliphatic carbocycles. The number of ketones is 2. The molecule has 0 saturated carbocycles. The van der Waals surface area contributed by atoms with Crippen LogP contribution in [0.5, 0.6) is 0 Å². The molecule has 2 rings (SSSR count). The van der Waals surface area contributed by atoms with Crippen LogP contribution in [0.2, 0.25) is 0 Å². The van der Waals surface area contributed by atoms with Crippen molar-refractivity contribution in [2.24, 2.45) is 5.92 Å². The average Bonchev–Trinajstić information content (AvgIpc) is 2.56. The first kappa shape index (κ1) is 16.6. The zero-order valence-corrected chi connectivity index (χ0v) is 13.4. The molecule has 0 N–H and O–H groups in total. The minimum atomic E-state index is -0.614. The largest absolute Gasteiger partial charge is 0.299 e. The average molecular weight is 305 g/mol. The molecule has 1 atom stereocenters. The van der Waals surface area contributed by atoms with Gasteiger partial charge in [0.1, 0.15) is 11.6 Å². The second-order valence-corrected chi connectivity index (χ2v) is 5.77. The molecular formula is C20H19NO2. The van der Waals surface area contributed by atoms with E-state index in [9.17, 15) is 9.59 Å². The van der Waals surface area contributed by atoms with E-state index in [1.54, 1.807) is 31.2 Å². The Bertz CT molecular complexity index is 737. The SMILES string of the molecule is [C-]#[N+]c1ccc(CC(=O)C(C)C(=O)Cc2ccc(C)cc2)cc1. The molecule has 3 heteroatoms. The fourth-order valence-corrected chi connectivity index (χ4v) is 2.28. The maximum absolute atomic E-state index is 12.3. The van der Waals surface area contributed by atoms with Crippen molar-refractivity contribution in [3.8, 4) is 0 Å². The van der Waals surface area contributed by atoms with Gasteiger partial charge in [-0.05, 0) is 25.0 Å². The Balaban J connectivity index is 1.96. The standard InChI is InChI=1S/C20H19NO2/c1-14-4-6-16(7-5-14)12-19(22)15(2)20(23)13-17-8-10-18(21-3)11-9-17/h4-11,15H,12-13H2,1-2H3. The van der Waals surface area contributed by atoms with Gasteiger partial charge in [0.05, 0.1) is 12.5 Å². The summed E-state index contributed by atoms with van der Waals surface area (Å²) in [4.78, 5) is 27.9. The van der Waals surface area contributed by atoms with Gasteiger partial charge in [0.15, 0.2) is 5.69 Å². The molecule has 23 heavy (non-hydrogen) atoms. The van der Waals surface area contributed by atoms with Crippen LogP contribution in [0.4, 0.5) is 5.69 Å². The highest BCUT2D eigenvalue weighted by Crippen LogP contribution is 2.15. The first-order valence-corrected chi connectivity index (χ1v) is 7.57. The van der Waals surface area contributed by atoms with Crippen LogP contribution in [0.15, 0.2) is 48.5 Å². The summed E-state index contributed by atoms with van der Waals surface area (Å²) >= 11 is 0. The summed E-state index contributed by atoms with van der Waals surface area (Å²) in [7, 11) is 0. The lowest BCUT2D eigenvalue weighted by molar-refractivity contribution is -0.131. The van der Waals surface area contributed by atoms with Crippen molar-refractivity contribution in [1.29, 1.82) is 0 Å². The summed E-state index contributed by atoms with van der Waals surface area (Å²) in [5.41, 5.74) is 3.46. The zero-order chi connectivity index (χ0) is 16.8. The maximum Gasteiger partial charge on any atom is 0.187 e. The Labute approximate surface area is 136 Å². The van der Waals surface area contributed by atoms with Crippen LogP contribution < -0.4 is 0 Å². The number of Topliss-reactive ketones (excluding diaryl/α,β-unsaturated/α-hetero) is 2. The molecule has 0 saturated heterocycles. The van der Waals surface area contributed by atoms with Crippen LogP contribution >= 0.6 is 0 Å². The van der Waals surface area contributed by atoms with Crippen molar-refractivity contribution in [3.05, 3.63) is 76.6 Å². The van der Waals surface area contributed by atoms with Crippen molar-refractivity contribution >= 4 is 17.3 Å². The maximum atomic E-state index is 12.3. The Morgan fingerprint density at radius 1 is 0.913 bits per heavy atom. The Morgan fingerprint density at radius 2 is 1.35 bits per heavy atom. The predicted molar refractivity (Wildman–Crippen MR) is 90.5 cm³/mol. The zero-order valence-electron chi connectivity index (χ0n) is 13.4. The minimum Gasteiger partial charge on any atom is -0.299 e. The highest BCUT2D eigenvalue weighted by Gasteiger charge is 2.21. The minimum absolute atomic E-state index is 0.0587. The van der Waals surface area contributed by atoms with Gasteiger partial charge in [-0.25, -0.2) is 4.85 Å². The van der Waals surface area contributed by atoms with Crippen LogP contribution in [0.1, 0.15) is 23.6 Å². The van der Waals surface area contributed by atoms with Crippen molar-refractivity contribution in [2.75, 3.05) is 0 Å². The second kappa shape index (κ2) is 7.51. The molecule has 3 nitrogen and oxygen atoms in total. The number of hydrogen-bond acceptors (Lipinski definition) is 2. The smallest absolute Gasteiger partial charge is 0.187 e. The summed E-state index contributed by atoms with van der Waals surface area (Å²) in [6.07, 6.45) is 0.503. The van der Waals surface area contributed by atoms with Gasteiger partial charge in [-0.1, -0.05) is 54.1 Å². The summed E-state index contributed by atoms with van der Waals surface area (Å²) in [5, 5.41) is 0. The van der Waals surface area contributed by atoms with Gasteiger partial charge in [-0.2, -0.15) is 0 Å². The van der Waals surface area contributed by atoms with E-state index in [0.29, 0.717) is 5.69 Å². The number of carbonyl (C=O) groups excluding carboxylic acids is 2. The van der Waals surface area contributed by atoms with Gasteiger partial charge >= 0.3 is 0 Å². The number of hydrogen-bond donors (Lipinski definition) is 0. The van der Waals surface area contributed by atoms with E-state index in [2.05, 4.69) is 4.85 Å². The van der Waals surface area contributed by atoms with Gasteiger partial charge in [0, 0.05) is 12.8 Å². The topological polar surface area (TPSA) is 38.5 Å². The van der Waals surface area contributed by atoms with Gasteiger partial charge in [0.2, 0.25) is 0 Å². The fraction of sp³-hybridized carbons (Fsp3) is 0.250. The van der Waals surface area contributed by atoms with Crippen molar-refractivity contribution in [1.82, 2.24) is 0 Å². The number of rotatable bonds is 6. The lowest BCUT2D eigenvalue weighted by Gasteiger charge is -2.10. The third-order valence-electron chi connectivity index (χ3n) is 3.91. The van der Waals surface area contributed by atoms with E-state index in [1.807, 2.05) is 31.2 Å². The molecule has 1 unspecified atom stereocenters. The lowest BCUT2D eigenvalue weighted by Crippen LogP contribution is -2.24. The molecule has 0 spiro atoms. The van der Waals surface area contributed by atoms with Crippen molar-refractivity contribution in [3.63, 3.8) is 0 Å². The van der Waals surface area contributed by atoms with E-state index in [4.69, 9.17) is 6.57 Å². The fourth-order valence-electron chi connectivity index (χ4n) is 2.28. The number of aryl methyl sites for hydroxylation is 1. The number of nitrogens with zero attached hydrogens (tertiary/aromatic N) is 1. The highest BCUT2D eigenvalue weighted by molar-refractivity contribution is 6.03. The molecule has 116 valence electrons. The first-order chi connectivity index (χ1) is 11.0. The molecule has 0 aliphatic heterocycles. The highest BCUT2D eigenvalue weighted by atomic mass is 16.1. The quantitative estimate of drug-likeness (QED) is 0.595. The lowest BCUT2D eigenvalue weighted by atomic mass is 9.92. The van der Waals surface area contributed by atoms with Crippen LogP contribution in [0.25, 0.3) is 4.85 Å². The Morgan fingerprint density at radius 3 is 1.78 bits per heavy atom. The van der Waals surface area contributed by atoms with E-state index < -0.39 is 5.92 Å². The Kier molecular flexibility index (Phi) is 5.43. The third-order valence-corrected chi connectivity index (χ3v) is 3.91. The molecule has 0 amide bonds. The van der Waals surface area contributed by atoms with Crippen LogP contribution in [0, 0.1) is 19.4 Å². The Hall–Kier alpha value is -2.73. The molecule has 0 fully saturated rings. The van der Waals surface area contributed by atoms with Gasteiger partial charge < -0.3 is 0 Å². The van der Waals surface area contributed by atoms with Crippen LogP contribution in [0.3, 0.4) is 0 Å². The summed E-state index contributed by atoms with van der Waals surface area (Å²) < 4.78 is 0. The molecule has 2 aromatic carbocycles. The second-order valence-electron chi connectivity index (χ2n) is 5.77. The third kappa shape index (κ3) is 4.62. The molecule has 0 radical (unpaired) electrons. The van der Waals surface area contributed by atoms with Crippen LogP contribution in [-0.2, 0) is 22.4 Å². The molecule has 2 aromatic rings. The summed E-state index contributed by atoms with van der Waals surface area (Å²) in [6.45, 7) is 10.6. The van der Waals surface area contributed by atoms with Gasteiger partial charge in [-0.3, -0.25) is 9.59 Å². The normalized spacial score (nSPS) is 11.5. The predicted octanol–water partition coefficient (Wildman–Crippen LogP) is 4.11. The van der Waals surface area contributed by atoms with Crippen molar-refractivity contribution in [2.45, 2.75) is 26.7 Å². The molecule has 0 aromatic heterocycles. The monoisotopic (exact) mass is 305 g/mol. The summed E-state index contributed by atoms with van der Waals surface area (Å²) in [5.74, 6) is -0.758. The van der Waals surface area contributed by atoms with E-state index >= 15 is 0 Å². The van der Waals surface area contributed by atoms with Gasteiger partial charge in [-0.15, -0.1) is 0 Å². The van der Waals surface area contributed by atoms with Crippen LogP contribution in [-0.4, -0.2) is 11.6 Å². The molecule has 0 bridgehead atoms.